The molecule has 5 aromatic carbocycles. The molecule has 0 saturated heterocycles. The van der Waals surface area contributed by atoms with Crippen molar-refractivity contribution in [2.45, 2.75) is 11.8 Å². The minimum Gasteiger partial charge on any atom is -0.478 e. The topological polar surface area (TPSA) is 142 Å². The van der Waals surface area contributed by atoms with Gasteiger partial charge in [-0.25, -0.2) is 14.4 Å². The molecule has 8 nitrogen and oxygen atoms in total. The van der Waals surface area contributed by atoms with Crippen LogP contribution < -0.4 is 11.5 Å². The van der Waals surface area contributed by atoms with Crippen molar-refractivity contribution >= 4 is 29.3 Å². The Balaban J connectivity index is 1.16. The highest BCUT2D eigenvalue weighted by Crippen LogP contribution is 2.46. The van der Waals surface area contributed by atoms with E-state index in [4.69, 9.17) is 20.9 Å². The maximum absolute atomic E-state index is 13.5. The number of carboxylic acid groups (broad SMARTS) is 1. The molecule has 7 rings (SSSR count). The van der Waals surface area contributed by atoms with Crippen LogP contribution in [0, 0.1) is 0 Å². The zero-order valence-electron chi connectivity index (χ0n) is 24.0. The van der Waals surface area contributed by atoms with E-state index in [9.17, 15) is 19.5 Å². The Morgan fingerprint density at radius 3 is 1.31 bits per heavy atom. The lowest BCUT2D eigenvalue weighted by molar-refractivity contribution is 0.0484. The van der Waals surface area contributed by atoms with Gasteiger partial charge in [-0.1, -0.05) is 97.1 Å². The fraction of sp³-hybridized carbons (Fsp3) is 0.108. The van der Waals surface area contributed by atoms with Crippen LogP contribution in [-0.4, -0.2) is 36.2 Å². The third-order valence-corrected chi connectivity index (χ3v) is 8.72. The first kappa shape index (κ1) is 27.9. The molecule has 0 saturated carbocycles. The van der Waals surface area contributed by atoms with Crippen LogP contribution >= 0.6 is 0 Å². The SMILES string of the molecule is Nc1cc(C(=O)O)c(C(=O)OCC2c3ccccc3-c3ccccc32)c(N)c1C(=O)OCC1c2ccccc2-c2ccccc21. The Morgan fingerprint density at radius 1 is 0.578 bits per heavy atom. The van der Waals surface area contributed by atoms with Gasteiger partial charge in [0.05, 0.1) is 16.8 Å². The van der Waals surface area contributed by atoms with E-state index >= 15 is 0 Å². The first-order valence-electron chi connectivity index (χ1n) is 14.5. The summed E-state index contributed by atoms with van der Waals surface area (Å²) in [5.41, 5.74) is 19.0. The summed E-state index contributed by atoms with van der Waals surface area (Å²) in [4.78, 5) is 39.2. The van der Waals surface area contributed by atoms with Gasteiger partial charge in [0.2, 0.25) is 0 Å². The maximum atomic E-state index is 13.5. The average molecular weight is 597 g/mol. The number of carboxylic acids is 1. The van der Waals surface area contributed by atoms with Crippen molar-refractivity contribution in [3.63, 3.8) is 0 Å². The highest BCUT2D eigenvalue weighted by molar-refractivity contribution is 6.13. The first-order chi connectivity index (χ1) is 21.8. The Labute approximate surface area is 258 Å². The van der Waals surface area contributed by atoms with Crippen LogP contribution in [-0.2, 0) is 9.47 Å². The molecule has 45 heavy (non-hydrogen) atoms. The first-order valence-corrected chi connectivity index (χ1v) is 14.5. The van der Waals surface area contributed by atoms with Gasteiger partial charge in [0.15, 0.2) is 0 Å². The third-order valence-electron chi connectivity index (χ3n) is 8.72. The number of rotatable bonds is 7. The van der Waals surface area contributed by atoms with E-state index in [1.807, 2.05) is 97.1 Å². The Kier molecular flexibility index (Phi) is 6.82. The second kappa shape index (κ2) is 11.0. The number of carbonyl (C=O) groups is 3. The molecule has 0 spiro atoms. The largest absolute Gasteiger partial charge is 0.478 e. The van der Waals surface area contributed by atoms with Crippen LogP contribution in [0.1, 0.15) is 65.2 Å². The van der Waals surface area contributed by atoms with Crippen LogP contribution in [0.25, 0.3) is 22.3 Å². The molecule has 0 aromatic heterocycles. The summed E-state index contributed by atoms with van der Waals surface area (Å²) >= 11 is 0. The lowest BCUT2D eigenvalue weighted by Gasteiger charge is -2.19. The van der Waals surface area contributed by atoms with E-state index in [1.165, 1.54) is 0 Å². The minimum atomic E-state index is -1.43. The lowest BCUT2D eigenvalue weighted by Crippen LogP contribution is -2.22. The molecule has 2 aliphatic rings. The van der Waals surface area contributed by atoms with E-state index in [-0.39, 0.29) is 36.3 Å². The number of benzene rings is 5. The summed E-state index contributed by atoms with van der Waals surface area (Å²) in [7, 11) is 0. The van der Waals surface area contributed by atoms with Gasteiger partial charge in [0.25, 0.3) is 0 Å². The Bertz CT molecular complexity index is 1940. The number of hydrogen-bond donors (Lipinski definition) is 3. The number of ether oxygens (including phenoxy) is 2. The molecular formula is C37H28N2O6. The molecule has 0 atom stereocenters. The number of anilines is 2. The van der Waals surface area contributed by atoms with E-state index < -0.39 is 34.7 Å². The molecule has 8 heteroatoms. The van der Waals surface area contributed by atoms with E-state index in [2.05, 4.69) is 0 Å². The van der Waals surface area contributed by atoms with Crippen molar-refractivity contribution in [1.29, 1.82) is 0 Å². The molecule has 0 radical (unpaired) electrons. The molecule has 0 fully saturated rings. The molecule has 5 aromatic rings. The standard InChI is InChI=1S/C37H28N2O6/c38-31-17-28(35(40)41)32(36(42)44-18-29-24-13-5-1-9-20(24)21-10-2-6-14-25(21)29)34(39)33(31)37(43)45-19-30-26-15-7-3-11-22(26)23-12-4-8-16-27(23)30/h1-17,29-30H,18-19,38-39H2,(H,40,41). The van der Waals surface area contributed by atoms with Crippen molar-refractivity contribution in [2.24, 2.45) is 0 Å². The number of carbonyl (C=O) groups excluding carboxylic acids is 2. The van der Waals surface area contributed by atoms with Gasteiger partial charge in [0, 0.05) is 17.5 Å². The summed E-state index contributed by atoms with van der Waals surface area (Å²) in [5, 5.41) is 9.93. The zero-order chi connectivity index (χ0) is 31.2. The lowest BCUT2D eigenvalue weighted by atomic mass is 9.97. The molecule has 0 amide bonds. The fourth-order valence-electron chi connectivity index (χ4n) is 6.68. The van der Waals surface area contributed by atoms with Crippen molar-refractivity contribution < 1.29 is 29.0 Å². The smallest absolute Gasteiger partial charge is 0.342 e. The van der Waals surface area contributed by atoms with Crippen molar-refractivity contribution in [2.75, 3.05) is 24.7 Å². The average Bonchev–Trinajstić information content (AvgIpc) is 3.55. The van der Waals surface area contributed by atoms with Gasteiger partial charge in [-0.15, -0.1) is 0 Å². The van der Waals surface area contributed by atoms with Crippen molar-refractivity contribution in [3.8, 4) is 22.3 Å². The van der Waals surface area contributed by atoms with Gasteiger partial charge in [0.1, 0.15) is 18.8 Å². The van der Waals surface area contributed by atoms with Crippen LogP contribution in [0.15, 0.2) is 103 Å². The highest BCUT2D eigenvalue weighted by Gasteiger charge is 2.34. The second-order valence-corrected chi connectivity index (χ2v) is 11.1. The number of nitrogens with two attached hydrogens (primary N) is 2. The normalized spacial score (nSPS) is 13.0. The predicted octanol–water partition coefficient (Wildman–Crippen LogP) is 6.49. The van der Waals surface area contributed by atoms with E-state index in [1.54, 1.807) is 0 Å². The second-order valence-electron chi connectivity index (χ2n) is 11.1. The maximum Gasteiger partial charge on any atom is 0.342 e. The van der Waals surface area contributed by atoms with E-state index in [0.717, 1.165) is 50.6 Å². The Hall–Kier alpha value is -5.89. The molecule has 0 bridgehead atoms. The summed E-state index contributed by atoms with van der Waals surface area (Å²) in [6, 6.07) is 32.6. The molecule has 222 valence electrons. The molecule has 0 aliphatic heterocycles. The van der Waals surface area contributed by atoms with Crippen LogP contribution in [0.5, 0.6) is 0 Å². The zero-order valence-corrected chi connectivity index (χ0v) is 24.0. The summed E-state index contributed by atoms with van der Waals surface area (Å²) < 4.78 is 11.5. The van der Waals surface area contributed by atoms with Crippen molar-refractivity contribution in [1.82, 2.24) is 0 Å². The molecule has 0 unspecified atom stereocenters. The quantitative estimate of drug-likeness (QED) is 0.143. The molecule has 2 aliphatic carbocycles. The number of fused-ring (bicyclic) bond motifs is 6. The van der Waals surface area contributed by atoms with Gasteiger partial charge in [-0.2, -0.15) is 0 Å². The number of hydrogen-bond acceptors (Lipinski definition) is 7. The number of esters is 2. The predicted molar refractivity (Wildman–Crippen MR) is 170 cm³/mol. The third kappa shape index (κ3) is 4.58. The number of aromatic carboxylic acids is 1. The van der Waals surface area contributed by atoms with Crippen LogP contribution in [0.4, 0.5) is 11.4 Å². The summed E-state index contributed by atoms with van der Waals surface area (Å²) in [5.74, 6) is -3.75. The van der Waals surface area contributed by atoms with Crippen LogP contribution in [0.3, 0.4) is 0 Å². The van der Waals surface area contributed by atoms with Gasteiger partial charge < -0.3 is 26.0 Å². The van der Waals surface area contributed by atoms with E-state index in [0.29, 0.717) is 0 Å². The highest BCUT2D eigenvalue weighted by atomic mass is 16.5. The molecular weight excluding hydrogens is 568 g/mol. The number of nitrogen functional groups attached to an aromatic ring is 2. The fourth-order valence-corrected chi connectivity index (χ4v) is 6.68. The Morgan fingerprint density at radius 2 is 0.933 bits per heavy atom. The van der Waals surface area contributed by atoms with Gasteiger partial charge in [-0.05, 0) is 50.6 Å². The van der Waals surface area contributed by atoms with Gasteiger partial charge in [-0.3, -0.25) is 0 Å². The molecule has 5 N–H and O–H groups in total. The summed E-state index contributed by atoms with van der Waals surface area (Å²) in [6.07, 6.45) is 0. The monoisotopic (exact) mass is 596 g/mol. The molecule has 0 heterocycles. The van der Waals surface area contributed by atoms with Crippen molar-refractivity contribution in [3.05, 3.63) is 142 Å². The minimum absolute atomic E-state index is 0.00724. The summed E-state index contributed by atoms with van der Waals surface area (Å²) in [6.45, 7) is -0.0668. The van der Waals surface area contributed by atoms with Gasteiger partial charge >= 0.3 is 17.9 Å². The van der Waals surface area contributed by atoms with Crippen LogP contribution in [0.2, 0.25) is 0 Å².